The van der Waals surface area contributed by atoms with Gasteiger partial charge in [-0.25, -0.2) is 0 Å². The minimum absolute atomic E-state index is 0.178. The fourth-order valence-electron chi connectivity index (χ4n) is 2.77. The number of piperidine rings is 1. The average molecular weight is 253 g/mol. The van der Waals surface area contributed by atoms with Crippen molar-refractivity contribution in [3.63, 3.8) is 0 Å². The van der Waals surface area contributed by atoms with Crippen LogP contribution < -0.4 is 5.32 Å². The van der Waals surface area contributed by atoms with Crippen LogP contribution >= 0.6 is 0 Å². The molecule has 2 rings (SSSR count). The number of nitrogens with one attached hydrogen (secondary N) is 1. The van der Waals surface area contributed by atoms with E-state index in [2.05, 4.69) is 10.2 Å². The predicted octanol–water partition coefficient (Wildman–Crippen LogP) is 2.12. The smallest absolute Gasteiger partial charge is 0.278 e. The maximum absolute atomic E-state index is 11.3. The zero-order chi connectivity index (χ0) is 12.8. The first-order valence-electron chi connectivity index (χ1n) is 7.10. The van der Waals surface area contributed by atoms with Gasteiger partial charge in [-0.15, -0.1) is 0 Å². The lowest BCUT2D eigenvalue weighted by molar-refractivity contribution is -0.429. The van der Waals surface area contributed by atoms with E-state index in [1.54, 1.807) is 0 Å². The summed E-state index contributed by atoms with van der Waals surface area (Å²) >= 11 is 0. The van der Waals surface area contributed by atoms with E-state index in [9.17, 15) is 10.1 Å². The summed E-state index contributed by atoms with van der Waals surface area (Å²) in [6.45, 7) is 3.40. The molecule has 0 aliphatic carbocycles. The summed E-state index contributed by atoms with van der Waals surface area (Å²) in [7, 11) is 0. The van der Waals surface area contributed by atoms with Gasteiger partial charge in [0.25, 0.3) is 5.70 Å². The van der Waals surface area contributed by atoms with Gasteiger partial charge in [-0.1, -0.05) is 12.8 Å². The molecule has 0 amide bonds. The monoisotopic (exact) mass is 253 g/mol. The SMILES string of the molecule is O=[N+]([O-])/C(CN1CCCCC1)=C1\CCCCCN1. The molecule has 0 aromatic carbocycles. The fourth-order valence-corrected chi connectivity index (χ4v) is 2.77. The molecule has 18 heavy (non-hydrogen) atoms. The average Bonchev–Trinajstić information content (AvgIpc) is 2.65. The minimum atomic E-state index is -0.178. The summed E-state index contributed by atoms with van der Waals surface area (Å²) in [6.07, 6.45) is 7.81. The minimum Gasteiger partial charge on any atom is -0.383 e. The molecule has 0 aromatic rings. The lowest BCUT2D eigenvalue weighted by Gasteiger charge is -2.25. The van der Waals surface area contributed by atoms with E-state index < -0.39 is 0 Å². The molecule has 0 atom stereocenters. The van der Waals surface area contributed by atoms with Crippen LogP contribution in [0, 0.1) is 10.1 Å². The van der Waals surface area contributed by atoms with E-state index in [0.717, 1.165) is 44.6 Å². The van der Waals surface area contributed by atoms with Crippen LogP contribution in [0.1, 0.15) is 44.9 Å². The zero-order valence-electron chi connectivity index (χ0n) is 11.0. The molecule has 0 saturated carbocycles. The van der Waals surface area contributed by atoms with Gasteiger partial charge in [0.15, 0.2) is 0 Å². The van der Waals surface area contributed by atoms with Crippen LogP contribution in [0.15, 0.2) is 11.4 Å². The van der Waals surface area contributed by atoms with Crippen molar-refractivity contribution < 1.29 is 4.92 Å². The molecule has 0 radical (unpaired) electrons. The largest absolute Gasteiger partial charge is 0.383 e. The van der Waals surface area contributed by atoms with Crippen LogP contribution in [0.5, 0.6) is 0 Å². The van der Waals surface area contributed by atoms with Crippen molar-refractivity contribution in [3.8, 4) is 0 Å². The topological polar surface area (TPSA) is 58.4 Å². The Balaban J connectivity index is 2.05. The molecular weight excluding hydrogens is 230 g/mol. The lowest BCUT2D eigenvalue weighted by Crippen LogP contribution is -2.34. The summed E-state index contributed by atoms with van der Waals surface area (Å²) in [6, 6.07) is 0. The molecule has 0 unspecified atom stereocenters. The van der Waals surface area contributed by atoms with E-state index in [0.29, 0.717) is 12.2 Å². The molecule has 0 bridgehead atoms. The highest BCUT2D eigenvalue weighted by molar-refractivity contribution is 5.09. The summed E-state index contributed by atoms with van der Waals surface area (Å²) in [4.78, 5) is 13.3. The number of nitrogens with zero attached hydrogens (tertiary/aromatic N) is 2. The maximum atomic E-state index is 11.3. The summed E-state index contributed by atoms with van der Waals surface area (Å²) < 4.78 is 0. The fraction of sp³-hybridized carbons (Fsp3) is 0.846. The Hall–Kier alpha value is -1.10. The van der Waals surface area contributed by atoms with Gasteiger partial charge in [0.1, 0.15) is 0 Å². The number of hydrogen-bond acceptors (Lipinski definition) is 4. The Morgan fingerprint density at radius 2 is 1.89 bits per heavy atom. The van der Waals surface area contributed by atoms with Crippen molar-refractivity contribution in [2.45, 2.75) is 44.9 Å². The highest BCUT2D eigenvalue weighted by Gasteiger charge is 2.23. The predicted molar refractivity (Wildman–Crippen MR) is 70.8 cm³/mol. The first-order valence-corrected chi connectivity index (χ1v) is 7.10. The molecule has 1 N–H and O–H groups in total. The van der Waals surface area contributed by atoms with Gasteiger partial charge in [0.2, 0.25) is 0 Å². The molecular formula is C13H23N3O2. The van der Waals surface area contributed by atoms with E-state index in [4.69, 9.17) is 0 Å². The number of likely N-dealkylation sites (tertiary alicyclic amines) is 1. The Bertz CT molecular complexity index is 312. The van der Waals surface area contributed by atoms with Crippen LogP contribution in [0.3, 0.4) is 0 Å². The van der Waals surface area contributed by atoms with Crippen molar-refractivity contribution in [2.75, 3.05) is 26.2 Å². The summed E-state index contributed by atoms with van der Waals surface area (Å²) in [5.41, 5.74) is 1.28. The molecule has 2 aliphatic heterocycles. The molecule has 5 nitrogen and oxygen atoms in total. The first-order chi connectivity index (χ1) is 8.77. The molecule has 5 heteroatoms. The molecule has 2 aliphatic rings. The normalized spacial score (nSPS) is 25.1. The van der Waals surface area contributed by atoms with E-state index in [1.165, 1.54) is 25.7 Å². The van der Waals surface area contributed by atoms with E-state index >= 15 is 0 Å². The lowest BCUT2D eigenvalue weighted by atomic mass is 10.1. The van der Waals surface area contributed by atoms with Crippen molar-refractivity contribution in [1.82, 2.24) is 10.2 Å². The van der Waals surface area contributed by atoms with Crippen molar-refractivity contribution in [2.24, 2.45) is 0 Å². The quantitative estimate of drug-likeness (QED) is 0.618. The summed E-state index contributed by atoms with van der Waals surface area (Å²) in [5, 5.41) is 14.5. The highest BCUT2D eigenvalue weighted by atomic mass is 16.6. The first kappa shape index (κ1) is 13.3. The molecule has 2 fully saturated rings. The maximum Gasteiger partial charge on any atom is 0.278 e. The Kier molecular flexibility index (Phi) is 4.99. The third-order valence-electron chi connectivity index (χ3n) is 3.83. The van der Waals surface area contributed by atoms with Gasteiger partial charge in [0, 0.05) is 6.54 Å². The van der Waals surface area contributed by atoms with Crippen LogP contribution in [0.2, 0.25) is 0 Å². The van der Waals surface area contributed by atoms with Crippen LogP contribution in [0.25, 0.3) is 0 Å². The number of hydrogen-bond donors (Lipinski definition) is 1. The number of allylic oxidation sites excluding steroid dienone is 1. The second-order valence-electron chi connectivity index (χ2n) is 5.26. The molecule has 102 valence electrons. The Morgan fingerprint density at radius 3 is 2.61 bits per heavy atom. The molecule has 0 spiro atoms. The van der Waals surface area contributed by atoms with Gasteiger partial charge in [0.05, 0.1) is 17.2 Å². The third kappa shape index (κ3) is 3.70. The standard InChI is InChI=1S/C13H23N3O2/c17-16(18)13(11-15-9-5-2-6-10-15)12-7-3-1-4-8-14-12/h14H,1-11H2/b13-12+. The molecule has 2 saturated heterocycles. The summed E-state index contributed by atoms with van der Waals surface area (Å²) in [5.74, 6) is 0. The zero-order valence-corrected chi connectivity index (χ0v) is 11.0. The number of nitro groups is 1. The Morgan fingerprint density at radius 1 is 1.17 bits per heavy atom. The van der Waals surface area contributed by atoms with Gasteiger partial charge in [-0.2, -0.15) is 0 Å². The second kappa shape index (κ2) is 6.73. The van der Waals surface area contributed by atoms with Crippen molar-refractivity contribution >= 4 is 0 Å². The van der Waals surface area contributed by atoms with E-state index in [1.807, 2.05) is 0 Å². The number of rotatable bonds is 3. The van der Waals surface area contributed by atoms with Crippen LogP contribution in [-0.4, -0.2) is 36.0 Å². The second-order valence-corrected chi connectivity index (χ2v) is 5.26. The molecule has 0 aromatic heterocycles. The molecule has 2 heterocycles. The van der Waals surface area contributed by atoms with Gasteiger partial charge in [-0.3, -0.25) is 15.0 Å². The van der Waals surface area contributed by atoms with E-state index in [-0.39, 0.29) is 4.92 Å². The van der Waals surface area contributed by atoms with Gasteiger partial charge >= 0.3 is 0 Å². The van der Waals surface area contributed by atoms with Crippen molar-refractivity contribution in [3.05, 3.63) is 21.5 Å². The third-order valence-corrected chi connectivity index (χ3v) is 3.83. The van der Waals surface area contributed by atoms with Gasteiger partial charge in [-0.05, 0) is 45.2 Å². The highest BCUT2D eigenvalue weighted by Crippen LogP contribution is 2.18. The van der Waals surface area contributed by atoms with Crippen LogP contribution in [0.4, 0.5) is 0 Å². The van der Waals surface area contributed by atoms with Crippen LogP contribution in [-0.2, 0) is 0 Å². The van der Waals surface area contributed by atoms with Gasteiger partial charge < -0.3 is 5.32 Å². The Labute approximate surface area is 108 Å². The van der Waals surface area contributed by atoms with Crippen molar-refractivity contribution in [1.29, 1.82) is 0 Å².